The molecule has 3 heterocycles. The monoisotopic (exact) mass is 365 g/mol. The third kappa shape index (κ3) is 3.53. The van der Waals surface area contributed by atoms with Crippen LogP contribution in [0, 0.1) is 5.92 Å². The predicted molar refractivity (Wildman–Crippen MR) is 97.8 cm³/mol. The van der Waals surface area contributed by atoms with Crippen molar-refractivity contribution in [1.29, 1.82) is 0 Å². The number of rotatable bonds is 3. The highest BCUT2D eigenvalue weighted by atomic mass is 16.5. The van der Waals surface area contributed by atoms with Crippen LogP contribution in [0.25, 0.3) is 0 Å². The number of hydrogen-bond acceptors (Lipinski definition) is 5. The average Bonchev–Trinajstić information content (AvgIpc) is 2.73. The molecule has 27 heavy (non-hydrogen) atoms. The smallest absolute Gasteiger partial charge is 0.262 e. The summed E-state index contributed by atoms with van der Waals surface area (Å²) in [6, 6.07) is 8.51. The largest absolute Gasteiger partial charge is 0.482 e. The molecule has 138 valence electrons. The first-order chi connectivity index (χ1) is 13.1. The Balaban J connectivity index is 1.41. The Hall–Kier alpha value is -3.22. The number of nitrogens with one attached hydrogen (secondary N) is 1. The topological polar surface area (TPSA) is 88.6 Å². The van der Waals surface area contributed by atoms with Crippen LogP contribution >= 0.6 is 0 Å². The Bertz CT molecular complexity index is 889. The van der Waals surface area contributed by atoms with Crippen LogP contribution in [0.2, 0.25) is 0 Å². The fourth-order valence-corrected chi connectivity index (χ4v) is 3.49. The SMILES string of the molecule is O=C1COc2ccc(C(=O)C3CCN(C(=O)c4ccncc4)CC3)cc2N1. The molecule has 4 rings (SSSR count). The van der Waals surface area contributed by atoms with Gasteiger partial charge in [0.15, 0.2) is 12.4 Å². The van der Waals surface area contributed by atoms with E-state index in [1.54, 1.807) is 47.6 Å². The molecule has 0 radical (unpaired) electrons. The van der Waals surface area contributed by atoms with Gasteiger partial charge in [0.2, 0.25) is 0 Å². The summed E-state index contributed by atoms with van der Waals surface area (Å²) < 4.78 is 5.33. The molecule has 2 aliphatic rings. The zero-order valence-electron chi connectivity index (χ0n) is 14.7. The fraction of sp³-hybridized carbons (Fsp3) is 0.300. The summed E-state index contributed by atoms with van der Waals surface area (Å²) in [5, 5.41) is 2.72. The average molecular weight is 365 g/mol. The quantitative estimate of drug-likeness (QED) is 0.842. The van der Waals surface area contributed by atoms with E-state index in [2.05, 4.69) is 10.3 Å². The maximum atomic E-state index is 12.8. The second kappa shape index (κ2) is 7.19. The van der Waals surface area contributed by atoms with Gasteiger partial charge in [0, 0.05) is 42.5 Å². The number of carbonyl (C=O) groups is 3. The van der Waals surface area contributed by atoms with Crippen LogP contribution in [-0.2, 0) is 4.79 Å². The molecule has 2 amide bonds. The number of ketones is 1. The van der Waals surface area contributed by atoms with Gasteiger partial charge in [-0.2, -0.15) is 0 Å². The molecule has 1 aromatic carbocycles. The first-order valence-corrected chi connectivity index (χ1v) is 8.92. The molecule has 0 unspecified atom stereocenters. The van der Waals surface area contributed by atoms with Crippen molar-refractivity contribution in [3.05, 3.63) is 53.9 Å². The van der Waals surface area contributed by atoms with Gasteiger partial charge in [-0.15, -0.1) is 0 Å². The lowest BCUT2D eigenvalue weighted by Crippen LogP contribution is -2.40. The van der Waals surface area contributed by atoms with E-state index in [4.69, 9.17) is 4.74 Å². The van der Waals surface area contributed by atoms with Crippen molar-refractivity contribution in [2.75, 3.05) is 25.0 Å². The zero-order valence-corrected chi connectivity index (χ0v) is 14.7. The molecule has 0 bridgehead atoms. The number of nitrogens with zero attached hydrogens (tertiary/aromatic N) is 2. The lowest BCUT2D eigenvalue weighted by Gasteiger charge is -2.31. The number of ether oxygens (including phenoxy) is 1. The molecule has 2 aliphatic heterocycles. The number of carbonyl (C=O) groups excluding carboxylic acids is 3. The van der Waals surface area contributed by atoms with Gasteiger partial charge in [-0.05, 0) is 43.2 Å². The van der Waals surface area contributed by atoms with E-state index in [1.165, 1.54) is 0 Å². The summed E-state index contributed by atoms with van der Waals surface area (Å²) in [4.78, 5) is 42.5. The van der Waals surface area contributed by atoms with Crippen LogP contribution in [-0.4, -0.2) is 47.2 Å². The number of amides is 2. The van der Waals surface area contributed by atoms with Gasteiger partial charge in [-0.3, -0.25) is 19.4 Å². The number of benzene rings is 1. The lowest BCUT2D eigenvalue weighted by molar-refractivity contribution is -0.118. The Morgan fingerprint density at radius 1 is 1.07 bits per heavy atom. The highest BCUT2D eigenvalue weighted by Gasteiger charge is 2.29. The first kappa shape index (κ1) is 17.2. The Morgan fingerprint density at radius 3 is 2.56 bits per heavy atom. The van der Waals surface area contributed by atoms with Crippen LogP contribution in [0.4, 0.5) is 5.69 Å². The van der Waals surface area contributed by atoms with E-state index in [0.29, 0.717) is 48.5 Å². The minimum absolute atomic E-state index is 0.00966. The van der Waals surface area contributed by atoms with Gasteiger partial charge in [-0.1, -0.05) is 0 Å². The van der Waals surface area contributed by atoms with E-state index in [9.17, 15) is 14.4 Å². The second-order valence-electron chi connectivity index (χ2n) is 6.71. The molecule has 7 nitrogen and oxygen atoms in total. The van der Waals surface area contributed by atoms with Crippen molar-refractivity contribution in [1.82, 2.24) is 9.88 Å². The number of piperidine rings is 1. The van der Waals surface area contributed by atoms with Gasteiger partial charge in [0.25, 0.3) is 11.8 Å². The molecule has 0 spiro atoms. The molecule has 1 fully saturated rings. The third-order valence-corrected chi connectivity index (χ3v) is 4.98. The summed E-state index contributed by atoms with van der Waals surface area (Å²) in [7, 11) is 0. The number of anilines is 1. The molecule has 1 N–H and O–H groups in total. The third-order valence-electron chi connectivity index (χ3n) is 4.98. The molecular weight excluding hydrogens is 346 g/mol. The van der Waals surface area contributed by atoms with Crippen molar-refractivity contribution < 1.29 is 19.1 Å². The standard InChI is InChI=1S/C20H19N3O4/c24-18-12-27-17-2-1-15(11-16(17)22-18)19(25)13-5-9-23(10-6-13)20(26)14-3-7-21-8-4-14/h1-4,7-8,11,13H,5-6,9-10,12H2,(H,22,24). The van der Waals surface area contributed by atoms with Crippen LogP contribution in [0.5, 0.6) is 5.75 Å². The summed E-state index contributed by atoms with van der Waals surface area (Å²) >= 11 is 0. The van der Waals surface area contributed by atoms with Crippen LogP contribution in [0.3, 0.4) is 0 Å². The Labute approximate surface area is 156 Å². The normalized spacial score (nSPS) is 16.9. The lowest BCUT2D eigenvalue weighted by atomic mass is 9.88. The number of hydrogen-bond donors (Lipinski definition) is 1. The van der Waals surface area contributed by atoms with Gasteiger partial charge >= 0.3 is 0 Å². The van der Waals surface area contributed by atoms with Crippen molar-refractivity contribution in [3.8, 4) is 5.75 Å². The number of likely N-dealkylation sites (tertiary alicyclic amines) is 1. The van der Waals surface area contributed by atoms with E-state index in [1.807, 2.05) is 0 Å². The van der Waals surface area contributed by atoms with Gasteiger partial charge < -0.3 is 15.0 Å². The molecular formula is C20H19N3O4. The first-order valence-electron chi connectivity index (χ1n) is 8.92. The predicted octanol–water partition coefficient (Wildman–Crippen LogP) is 2.15. The van der Waals surface area contributed by atoms with Gasteiger partial charge in [-0.25, -0.2) is 0 Å². The minimum atomic E-state index is -0.227. The van der Waals surface area contributed by atoms with Crippen LogP contribution in [0.15, 0.2) is 42.7 Å². The maximum absolute atomic E-state index is 12.8. The highest BCUT2D eigenvalue weighted by Crippen LogP contribution is 2.31. The zero-order chi connectivity index (χ0) is 18.8. The van der Waals surface area contributed by atoms with Crippen molar-refractivity contribution in [2.24, 2.45) is 5.92 Å². The molecule has 0 aliphatic carbocycles. The van der Waals surface area contributed by atoms with E-state index < -0.39 is 0 Å². The van der Waals surface area contributed by atoms with Gasteiger partial charge in [0.1, 0.15) is 5.75 Å². The molecule has 1 aromatic heterocycles. The van der Waals surface area contributed by atoms with Gasteiger partial charge in [0.05, 0.1) is 5.69 Å². The highest BCUT2D eigenvalue weighted by molar-refractivity contribution is 6.02. The van der Waals surface area contributed by atoms with Crippen LogP contribution in [0.1, 0.15) is 33.6 Å². The minimum Gasteiger partial charge on any atom is -0.482 e. The fourth-order valence-electron chi connectivity index (χ4n) is 3.49. The molecule has 7 heteroatoms. The summed E-state index contributed by atoms with van der Waals surface area (Å²) in [6.45, 7) is 1.08. The van der Waals surface area contributed by atoms with E-state index in [0.717, 1.165) is 0 Å². The summed E-state index contributed by atoms with van der Waals surface area (Å²) in [6.07, 6.45) is 4.44. The van der Waals surface area contributed by atoms with Crippen molar-refractivity contribution in [2.45, 2.75) is 12.8 Å². The van der Waals surface area contributed by atoms with Crippen LogP contribution < -0.4 is 10.1 Å². The number of pyridine rings is 1. The molecule has 1 saturated heterocycles. The van der Waals surface area contributed by atoms with E-state index in [-0.39, 0.29) is 30.1 Å². The van der Waals surface area contributed by atoms with Crippen molar-refractivity contribution >= 4 is 23.3 Å². The molecule has 0 atom stereocenters. The summed E-state index contributed by atoms with van der Waals surface area (Å²) in [5.41, 5.74) is 1.70. The number of aromatic nitrogens is 1. The number of fused-ring (bicyclic) bond motifs is 1. The Morgan fingerprint density at radius 2 is 1.81 bits per heavy atom. The summed E-state index contributed by atoms with van der Waals surface area (Å²) in [5.74, 6) is 0.217. The molecule has 2 aromatic rings. The second-order valence-corrected chi connectivity index (χ2v) is 6.71. The maximum Gasteiger partial charge on any atom is 0.262 e. The van der Waals surface area contributed by atoms with Crippen molar-refractivity contribution in [3.63, 3.8) is 0 Å². The Kier molecular flexibility index (Phi) is 4.58. The van der Waals surface area contributed by atoms with E-state index >= 15 is 0 Å². The number of Topliss-reactive ketones (excluding diaryl/α,β-unsaturated/α-hetero) is 1. The molecule has 0 saturated carbocycles.